The van der Waals surface area contributed by atoms with Crippen LogP contribution in [0.1, 0.15) is 11.4 Å². The van der Waals surface area contributed by atoms with Crippen LogP contribution in [0.15, 0.2) is 29.1 Å². The fourth-order valence-electron chi connectivity index (χ4n) is 3.55. The summed E-state index contributed by atoms with van der Waals surface area (Å²) in [7, 11) is 2.68. The van der Waals surface area contributed by atoms with Crippen LogP contribution in [0.4, 0.5) is 8.78 Å². The second-order valence-corrected chi connectivity index (χ2v) is 7.99. The molecule has 0 atom stereocenters. The summed E-state index contributed by atoms with van der Waals surface area (Å²) in [6.07, 6.45) is 0. The molecule has 0 radical (unpaired) electrons. The molecule has 3 N–H and O–H groups in total. The monoisotopic (exact) mass is 535 g/mol. The number of H-pyrrole nitrogens is 1. The molecule has 1 amide bonds. The number of carbonyl (C=O) groups excluding carboxylic acids is 1. The summed E-state index contributed by atoms with van der Waals surface area (Å²) in [5.74, 6) is -2.65. The van der Waals surface area contributed by atoms with Gasteiger partial charge in [0.1, 0.15) is 23.7 Å². The van der Waals surface area contributed by atoms with E-state index in [1.165, 1.54) is 32.4 Å². The summed E-state index contributed by atoms with van der Waals surface area (Å²) in [6.45, 7) is 0.584. The number of nitrogens with zero attached hydrogens (tertiary/aromatic N) is 3. The maximum atomic E-state index is 14.5. The molecule has 0 aliphatic heterocycles. The van der Waals surface area contributed by atoms with Gasteiger partial charge in [-0.15, -0.1) is 0 Å². The largest absolute Gasteiger partial charge is 0.496 e. The molecule has 0 saturated carbocycles. The van der Waals surface area contributed by atoms with E-state index in [2.05, 4.69) is 15.0 Å². The number of hydrogen-bond donors (Lipinski definition) is 2. The fraction of sp³-hybridized carbons (Fsp3) is 0.217. The Hall–Kier alpha value is -4.39. The summed E-state index contributed by atoms with van der Waals surface area (Å²) in [4.78, 5) is 35.3. The summed E-state index contributed by atoms with van der Waals surface area (Å²) in [5.41, 5.74) is 4.83. The van der Waals surface area contributed by atoms with Crippen molar-refractivity contribution in [3.8, 4) is 28.8 Å². The molecule has 194 valence electrons. The van der Waals surface area contributed by atoms with Gasteiger partial charge in [0.2, 0.25) is 5.88 Å². The molecule has 0 unspecified atom stereocenters. The normalized spacial score (nSPS) is 11.0. The van der Waals surface area contributed by atoms with Crippen LogP contribution in [0.3, 0.4) is 0 Å². The molecule has 2 heterocycles. The highest BCUT2D eigenvalue weighted by molar-refractivity contribution is 6.32. The highest BCUT2D eigenvalue weighted by Gasteiger charge is 2.22. The van der Waals surface area contributed by atoms with Gasteiger partial charge in [-0.05, 0) is 19.1 Å². The third-order valence-corrected chi connectivity index (χ3v) is 5.48. The predicted octanol–water partition coefficient (Wildman–Crippen LogP) is 2.81. The number of halogens is 3. The molecular formula is C23H20ClF2N5O6. The van der Waals surface area contributed by atoms with E-state index in [9.17, 15) is 18.4 Å². The SMILES string of the molecule is COc1ccc(F)c(F)c1COc1cc(-n2c(=O)[nH]c3c(OC)nc(C)nc32)c(Cl)cc1OCC(N)=O. The second-order valence-electron chi connectivity index (χ2n) is 7.58. The van der Waals surface area contributed by atoms with E-state index >= 15 is 0 Å². The van der Waals surface area contributed by atoms with Crippen molar-refractivity contribution >= 4 is 28.7 Å². The second kappa shape index (κ2) is 10.3. The number of fused-ring (bicyclic) bond motifs is 1. The topological polar surface area (TPSA) is 144 Å². The lowest BCUT2D eigenvalue weighted by molar-refractivity contribution is -0.119. The van der Waals surface area contributed by atoms with Gasteiger partial charge in [-0.3, -0.25) is 9.78 Å². The van der Waals surface area contributed by atoms with Crippen LogP contribution in [-0.2, 0) is 11.4 Å². The molecule has 14 heteroatoms. The first kappa shape index (κ1) is 25.7. The molecule has 0 spiro atoms. The fourth-order valence-corrected chi connectivity index (χ4v) is 3.79. The number of aromatic nitrogens is 4. The molecule has 0 fully saturated rings. The molecule has 37 heavy (non-hydrogen) atoms. The molecule has 0 saturated heterocycles. The van der Waals surface area contributed by atoms with Crippen molar-refractivity contribution in [3.05, 3.63) is 62.8 Å². The molecule has 2 aromatic carbocycles. The first-order valence-electron chi connectivity index (χ1n) is 10.6. The Labute approximate surface area is 212 Å². The minimum absolute atomic E-state index is 0.0135. The number of nitrogens with one attached hydrogen (secondary N) is 1. The predicted molar refractivity (Wildman–Crippen MR) is 128 cm³/mol. The van der Waals surface area contributed by atoms with Crippen molar-refractivity contribution in [1.82, 2.24) is 19.5 Å². The first-order valence-corrected chi connectivity index (χ1v) is 10.9. The maximum absolute atomic E-state index is 14.5. The molecule has 4 rings (SSSR count). The third-order valence-electron chi connectivity index (χ3n) is 5.18. The van der Waals surface area contributed by atoms with Crippen LogP contribution in [0.5, 0.6) is 23.1 Å². The maximum Gasteiger partial charge on any atom is 0.332 e. The van der Waals surface area contributed by atoms with Gasteiger partial charge >= 0.3 is 5.69 Å². The number of ether oxygens (including phenoxy) is 4. The van der Waals surface area contributed by atoms with Crippen molar-refractivity contribution in [2.24, 2.45) is 5.73 Å². The highest BCUT2D eigenvalue weighted by atomic mass is 35.5. The lowest BCUT2D eigenvalue weighted by atomic mass is 10.2. The molecule has 11 nitrogen and oxygen atoms in total. The van der Waals surface area contributed by atoms with E-state index in [1.54, 1.807) is 6.92 Å². The zero-order valence-corrected chi connectivity index (χ0v) is 20.5. The van der Waals surface area contributed by atoms with E-state index in [0.29, 0.717) is 5.82 Å². The molecule has 0 bridgehead atoms. The number of rotatable bonds is 9. The van der Waals surface area contributed by atoms with E-state index in [0.717, 1.165) is 10.6 Å². The number of carbonyl (C=O) groups is 1. The van der Waals surface area contributed by atoms with Gasteiger partial charge in [0.25, 0.3) is 5.91 Å². The van der Waals surface area contributed by atoms with Crippen molar-refractivity contribution < 1.29 is 32.5 Å². The van der Waals surface area contributed by atoms with Gasteiger partial charge in [-0.2, -0.15) is 4.98 Å². The van der Waals surface area contributed by atoms with Crippen molar-refractivity contribution in [3.63, 3.8) is 0 Å². The molecule has 0 aliphatic carbocycles. The number of primary amides is 1. The van der Waals surface area contributed by atoms with Gasteiger partial charge in [0, 0.05) is 12.1 Å². The van der Waals surface area contributed by atoms with E-state index in [1.807, 2.05) is 0 Å². The van der Waals surface area contributed by atoms with Crippen LogP contribution in [0.2, 0.25) is 5.02 Å². The van der Waals surface area contributed by atoms with Crippen LogP contribution in [0, 0.1) is 18.6 Å². The van der Waals surface area contributed by atoms with Gasteiger partial charge in [0.05, 0.1) is 30.5 Å². The van der Waals surface area contributed by atoms with Crippen LogP contribution in [-0.4, -0.2) is 46.3 Å². The Balaban J connectivity index is 1.85. The summed E-state index contributed by atoms with van der Waals surface area (Å²) >= 11 is 6.48. The smallest absolute Gasteiger partial charge is 0.332 e. The van der Waals surface area contributed by atoms with Crippen molar-refractivity contribution in [2.75, 3.05) is 20.8 Å². The lowest BCUT2D eigenvalue weighted by Crippen LogP contribution is -2.20. The molecule has 0 aliphatic rings. The number of amides is 1. The number of aryl methyl sites for hydroxylation is 1. The molecular weight excluding hydrogens is 516 g/mol. The Kier molecular flexibility index (Phi) is 7.16. The lowest BCUT2D eigenvalue weighted by Gasteiger charge is -2.17. The van der Waals surface area contributed by atoms with Crippen molar-refractivity contribution in [1.29, 1.82) is 0 Å². The van der Waals surface area contributed by atoms with Crippen LogP contribution < -0.4 is 30.4 Å². The number of nitrogens with two attached hydrogens (primary N) is 1. The quantitative estimate of drug-likeness (QED) is 0.333. The zero-order chi connectivity index (χ0) is 26.9. The Morgan fingerprint density at radius 1 is 1.11 bits per heavy atom. The third kappa shape index (κ3) is 4.98. The number of imidazole rings is 1. The average Bonchev–Trinajstić information content (AvgIpc) is 3.18. The average molecular weight is 536 g/mol. The van der Waals surface area contributed by atoms with Gasteiger partial charge in [-0.1, -0.05) is 11.6 Å². The van der Waals surface area contributed by atoms with Crippen LogP contribution >= 0.6 is 11.6 Å². The molecule has 4 aromatic rings. The first-order chi connectivity index (χ1) is 17.6. The highest BCUT2D eigenvalue weighted by Crippen LogP contribution is 2.37. The van der Waals surface area contributed by atoms with Crippen molar-refractivity contribution in [2.45, 2.75) is 13.5 Å². The van der Waals surface area contributed by atoms with E-state index in [-0.39, 0.29) is 50.6 Å². The van der Waals surface area contributed by atoms with E-state index in [4.69, 9.17) is 36.3 Å². The minimum Gasteiger partial charge on any atom is -0.496 e. The number of benzene rings is 2. The number of hydrogen-bond acceptors (Lipinski definition) is 8. The van der Waals surface area contributed by atoms with Crippen LogP contribution in [0.25, 0.3) is 16.9 Å². The Morgan fingerprint density at radius 2 is 1.84 bits per heavy atom. The van der Waals surface area contributed by atoms with Gasteiger partial charge in [0.15, 0.2) is 35.4 Å². The summed E-state index contributed by atoms with van der Waals surface area (Å²) in [6, 6.07) is 4.77. The van der Waals surface area contributed by atoms with E-state index < -0.39 is 36.4 Å². The van der Waals surface area contributed by atoms with Gasteiger partial charge in [-0.25, -0.2) is 23.1 Å². The number of methoxy groups -OCH3 is 2. The zero-order valence-electron chi connectivity index (χ0n) is 19.7. The molecule has 2 aromatic heterocycles. The number of aromatic amines is 1. The standard InChI is InChI=1S/C23H20ClF2N5O6/c1-10-28-21-20(22(29-10)35-3)30-23(33)31(21)14-7-17(16(6-12(14)24)37-9-18(27)32)36-8-11-15(34-2)5-4-13(25)19(11)26/h4-7H,8-9H2,1-3H3,(H2,27,32)(H,30,33). The Bertz CT molecular complexity index is 1570. The van der Waals surface area contributed by atoms with Gasteiger partial charge < -0.3 is 24.7 Å². The minimum atomic E-state index is -1.17. The Morgan fingerprint density at radius 3 is 2.51 bits per heavy atom. The summed E-state index contributed by atoms with van der Waals surface area (Å²) in [5, 5.41) is 0.0135. The summed E-state index contributed by atoms with van der Waals surface area (Å²) < 4.78 is 51.0.